The Kier molecular flexibility index (Phi) is 4.90. The van der Waals surface area contributed by atoms with Crippen molar-refractivity contribution in [1.29, 1.82) is 0 Å². The van der Waals surface area contributed by atoms with Gasteiger partial charge in [0, 0.05) is 18.2 Å². The topological polar surface area (TPSA) is 67.0 Å². The van der Waals surface area contributed by atoms with Crippen molar-refractivity contribution < 1.29 is 9.53 Å². The van der Waals surface area contributed by atoms with E-state index in [9.17, 15) is 4.79 Å². The summed E-state index contributed by atoms with van der Waals surface area (Å²) in [5, 5.41) is 4.10. The monoisotopic (exact) mass is 339 g/mol. The number of ether oxygens (including phenoxy) is 1. The Morgan fingerprint density at radius 2 is 2.50 bits per heavy atom. The third-order valence-corrected chi connectivity index (χ3v) is 4.83. The van der Waals surface area contributed by atoms with Gasteiger partial charge in [0.25, 0.3) is 0 Å². The number of halogens is 1. The second-order valence-electron chi connectivity index (χ2n) is 5.34. The zero-order valence-corrected chi connectivity index (χ0v) is 13.8. The number of nitrogens with zero attached hydrogens (tertiary/aromatic N) is 1. The number of rotatable bonds is 5. The van der Waals surface area contributed by atoms with E-state index in [-0.39, 0.29) is 17.3 Å². The van der Waals surface area contributed by atoms with Crippen molar-refractivity contribution in [2.75, 3.05) is 13.2 Å². The Labute approximate surface area is 138 Å². The van der Waals surface area contributed by atoms with Gasteiger partial charge >= 0.3 is 0 Å². The van der Waals surface area contributed by atoms with Gasteiger partial charge in [-0.1, -0.05) is 23.4 Å². The maximum atomic E-state index is 12.1. The molecule has 1 saturated heterocycles. The van der Waals surface area contributed by atoms with Gasteiger partial charge in [-0.2, -0.15) is 0 Å². The van der Waals surface area contributed by atoms with Crippen LogP contribution in [0, 0.1) is 0 Å². The Bertz CT molecular complexity index is 670. The first-order chi connectivity index (χ1) is 10.6. The van der Waals surface area contributed by atoms with Crippen molar-refractivity contribution in [2.24, 2.45) is 0 Å². The maximum absolute atomic E-state index is 12.1. The number of hydrogen-bond donors (Lipinski definition) is 2. The smallest absolute Gasteiger partial charge is 0.233 e. The van der Waals surface area contributed by atoms with Crippen LogP contribution in [0.3, 0.4) is 0 Å². The Morgan fingerprint density at radius 3 is 3.27 bits per heavy atom. The lowest BCUT2D eigenvalue weighted by Gasteiger charge is -2.13. The molecule has 3 rings (SSSR count). The van der Waals surface area contributed by atoms with E-state index in [0.29, 0.717) is 11.6 Å². The number of aromatic nitrogens is 2. The summed E-state index contributed by atoms with van der Waals surface area (Å²) in [6.45, 7) is 3.25. The van der Waals surface area contributed by atoms with Crippen LogP contribution in [0.2, 0.25) is 5.02 Å². The van der Waals surface area contributed by atoms with E-state index >= 15 is 0 Å². The minimum absolute atomic E-state index is 0.000937. The molecule has 1 aliphatic rings. The van der Waals surface area contributed by atoms with Crippen LogP contribution >= 0.6 is 23.4 Å². The van der Waals surface area contributed by atoms with Crippen LogP contribution in [-0.4, -0.2) is 40.4 Å². The second kappa shape index (κ2) is 6.89. The summed E-state index contributed by atoms with van der Waals surface area (Å²) in [6.07, 6.45) is 2.26. The highest BCUT2D eigenvalue weighted by Crippen LogP contribution is 2.25. The highest BCUT2D eigenvalue weighted by Gasteiger charge is 2.20. The fourth-order valence-electron chi connectivity index (χ4n) is 2.40. The zero-order valence-electron chi connectivity index (χ0n) is 12.3. The molecular weight excluding hydrogens is 322 g/mol. The number of H-pyrrole nitrogens is 1. The van der Waals surface area contributed by atoms with Crippen LogP contribution in [0.15, 0.2) is 23.4 Å². The SMILES string of the molecule is C[C@@H](Sc1nc2ccc(Cl)cc2[nH]1)C(=O)NC[C@@H]1CCCO1. The first-order valence-corrected chi connectivity index (χ1v) is 8.59. The minimum atomic E-state index is -0.225. The average Bonchev–Trinajstić information content (AvgIpc) is 3.12. The summed E-state index contributed by atoms with van der Waals surface area (Å²) in [5.41, 5.74) is 1.72. The van der Waals surface area contributed by atoms with Gasteiger partial charge in [0.15, 0.2) is 5.16 Å². The molecule has 0 radical (unpaired) electrons. The molecule has 2 atom stereocenters. The number of imidazole rings is 1. The summed E-state index contributed by atoms with van der Waals surface area (Å²) in [6, 6.07) is 5.49. The number of thioether (sulfide) groups is 1. The molecule has 7 heteroatoms. The highest BCUT2D eigenvalue weighted by atomic mass is 35.5. The summed E-state index contributed by atoms with van der Waals surface area (Å²) in [7, 11) is 0. The number of carbonyl (C=O) groups is 1. The van der Waals surface area contributed by atoms with Gasteiger partial charge in [0.2, 0.25) is 5.91 Å². The molecule has 1 aliphatic heterocycles. The molecule has 2 N–H and O–H groups in total. The number of nitrogens with one attached hydrogen (secondary N) is 2. The van der Waals surface area contributed by atoms with Crippen molar-refractivity contribution in [3.8, 4) is 0 Å². The van der Waals surface area contributed by atoms with Gasteiger partial charge in [0.05, 0.1) is 22.4 Å². The number of carbonyl (C=O) groups excluding carboxylic acids is 1. The number of fused-ring (bicyclic) bond motifs is 1. The molecule has 0 unspecified atom stereocenters. The van der Waals surface area contributed by atoms with E-state index in [1.807, 2.05) is 19.1 Å². The van der Waals surface area contributed by atoms with Gasteiger partial charge in [-0.25, -0.2) is 4.98 Å². The third kappa shape index (κ3) is 3.74. The molecule has 2 heterocycles. The van der Waals surface area contributed by atoms with E-state index in [2.05, 4.69) is 15.3 Å². The largest absolute Gasteiger partial charge is 0.376 e. The van der Waals surface area contributed by atoms with Crippen molar-refractivity contribution in [2.45, 2.75) is 36.3 Å². The van der Waals surface area contributed by atoms with Crippen LogP contribution in [-0.2, 0) is 9.53 Å². The predicted octanol–water partition coefficient (Wildman–Crippen LogP) is 2.99. The molecule has 1 aromatic heterocycles. The molecule has 0 bridgehead atoms. The average molecular weight is 340 g/mol. The zero-order chi connectivity index (χ0) is 15.5. The van der Waals surface area contributed by atoms with Gasteiger partial charge < -0.3 is 15.0 Å². The highest BCUT2D eigenvalue weighted by molar-refractivity contribution is 8.00. The molecule has 1 aromatic carbocycles. The Hall–Kier alpha value is -1.24. The lowest BCUT2D eigenvalue weighted by Crippen LogP contribution is -2.36. The van der Waals surface area contributed by atoms with Crippen LogP contribution < -0.4 is 5.32 Å². The first kappa shape index (κ1) is 15.6. The fourth-order valence-corrected chi connectivity index (χ4v) is 3.42. The number of aromatic amines is 1. The molecule has 1 amide bonds. The molecule has 0 saturated carbocycles. The van der Waals surface area contributed by atoms with Gasteiger partial charge in [-0.3, -0.25) is 4.79 Å². The lowest BCUT2D eigenvalue weighted by atomic mass is 10.2. The van der Waals surface area contributed by atoms with Crippen LogP contribution in [0.5, 0.6) is 0 Å². The summed E-state index contributed by atoms with van der Waals surface area (Å²) < 4.78 is 5.50. The molecule has 0 spiro atoms. The number of hydrogen-bond acceptors (Lipinski definition) is 4. The van der Waals surface area contributed by atoms with Crippen molar-refractivity contribution >= 4 is 40.3 Å². The molecule has 118 valence electrons. The predicted molar refractivity (Wildman–Crippen MR) is 88.4 cm³/mol. The lowest BCUT2D eigenvalue weighted by molar-refractivity contribution is -0.120. The van der Waals surface area contributed by atoms with E-state index in [0.717, 1.165) is 35.6 Å². The third-order valence-electron chi connectivity index (χ3n) is 3.61. The van der Waals surface area contributed by atoms with Crippen LogP contribution in [0.4, 0.5) is 0 Å². The van der Waals surface area contributed by atoms with Crippen molar-refractivity contribution in [3.05, 3.63) is 23.2 Å². The molecule has 0 aliphatic carbocycles. The number of amides is 1. The standard InChI is InChI=1S/C15H18ClN3O2S/c1-9(14(20)17-8-11-3-2-6-21-11)22-15-18-12-5-4-10(16)7-13(12)19-15/h4-5,7,9,11H,2-3,6,8H2,1H3,(H,17,20)(H,18,19)/t9-,11+/m1/s1. The summed E-state index contributed by atoms with van der Waals surface area (Å²) >= 11 is 7.36. The summed E-state index contributed by atoms with van der Waals surface area (Å²) in [4.78, 5) is 19.8. The normalized spacial score (nSPS) is 19.5. The van der Waals surface area contributed by atoms with Crippen LogP contribution in [0.25, 0.3) is 11.0 Å². The van der Waals surface area contributed by atoms with Gasteiger partial charge in [-0.15, -0.1) is 0 Å². The van der Waals surface area contributed by atoms with Crippen LogP contribution in [0.1, 0.15) is 19.8 Å². The van der Waals surface area contributed by atoms with Crippen molar-refractivity contribution in [1.82, 2.24) is 15.3 Å². The minimum Gasteiger partial charge on any atom is -0.376 e. The fraction of sp³-hybridized carbons (Fsp3) is 0.467. The quantitative estimate of drug-likeness (QED) is 0.822. The second-order valence-corrected chi connectivity index (χ2v) is 7.11. The Balaban J connectivity index is 1.57. The molecule has 1 fully saturated rings. The van der Waals surface area contributed by atoms with E-state index < -0.39 is 0 Å². The van der Waals surface area contributed by atoms with E-state index in [1.165, 1.54) is 11.8 Å². The Morgan fingerprint density at radius 1 is 1.64 bits per heavy atom. The summed E-state index contributed by atoms with van der Waals surface area (Å²) in [5.74, 6) is -0.000937. The van der Waals surface area contributed by atoms with Gasteiger partial charge in [0.1, 0.15) is 0 Å². The molecular formula is C15H18ClN3O2S. The number of benzene rings is 1. The molecule has 5 nitrogen and oxygen atoms in total. The maximum Gasteiger partial charge on any atom is 0.233 e. The molecule has 22 heavy (non-hydrogen) atoms. The van der Waals surface area contributed by atoms with E-state index in [1.54, 1.807) is 6.07 Å². The van der Waals surface area contributed by atoms with E-state index in [4.69, 9.17) is 16.3 Å². The first-order valence-electron chi connectivity index (χ1n) is 7.33. The van der Waals surface area contributed by atoms with Crippen molar-refractivity contribution in [3.63, 3.8) is 0 Å². The van der Waals surface area contributed by atoms with Gasteiger partial charge in [-0.05, 0) is 38.0 Å². The molecule has 2 aromatic rings.